The fraction of sp³-hybridized carbons (Fsp3) is 0.591. The highest BCUT2D eigenvalue weighted by Gasteiger charge is 2.24. The van der Waals surface area contributed by atoms with Crippen molar-refractivity contribution in [3.05, 3.63) is 23.6 Å². The number of fused-ring (bicyclic) bond motifs is 1. The quantitative estimate of drug-likeness (QED) is 0.618. The van der Waals surface area contributed by atoms with Gasteiger partial charge in [0.2, 0.25) is 18.4 Å². The Kier molecular flexibility index (Phi) is 6.25. The Morgan fingerprint density at radius 3 is 2.76 bits per heavy atom. The molecule has 1 aromatic carbocycles. The Morgan fingerprint density at radius 2 is 2.00 bits per heavy atom. The number of oxazole rings is 1. The van der Waals surface area contributed by atoms with Crippen molar-refractivity contribution in [2.24, 2.45) is 5.92 Å². The first-order valence-corrected chi connectivity index (χ1v) is 10.3. The van der Waals surface area contributed by atoms with Gasteiger partial charge in [0, 0.05) is 25.8 Å². The largest absolute Gasteiger partial charge is 0.493 e. The van der Waals surface area contributed by atoms with E-state index >= 15 is 0 Å². The van der Waals surface area contributed by atoms with E-state index in [-0.39, 0.29) is 6.79 Å². The molecule has 0 N–H and O–H groups in total. The summed E-state index contributed by atoms with van der Waals surface area (Å²) in [5.41, 5.74) is 1.83. The van der Waals surface area contributed by atoms with Crippen LogP contribution in [0.3, 0.4) is 0 Å². The average Bonchev–Trinajstić information content (AvgIpc) is 3.35. The third-order valence-electron chi connectivity index (χ3n) is 5.84. The molecule has 4 rings (SSSR count). The number of piperidine rings is 1. The topological polar surface area (TPSA) is 66.2 Å². The summed E-state index contributed by atoms with van der Waals surface area (Å²) in [7, 11) is 3.39. The number of likely N-dealkylation sites (tertiary alicyclic amines) is 1. The fourth-order valence-electron chi connectivity index (χ4n) is 4.11. The molecule has 0 spiro atoms. The highest BCUT2D eigenvalue weighted by molar-refractivity contribution is 5.66. The number of aryl methyl sites for hydroxylation is 1. The zero-order valence-electron chi connectivity index (χ0n) is 17.5. The van der Waals surface area contributed by atoms with Crippen LogP contribution < -0.4 is 14.2 Å². The van der Waals surface area contributed by atoms with Crippen LogP contribution in [0.1, 0.15) is 37.1 Å². The summed E-state index contributed by atoms with van der Waals surface area (Å²) < 4.78 is 27.6. The molecule has 0 radical (unpaired) electrons. The number of hydrogen-bond donors (Lipinski definition) is 0. The van der Waals surface area contributed by atoms with Crippen LogP contribution >= 0.6 is 0 Å². The summed E-state index contributed by atoms with van der Waals surface area (Å²) in [6, 6.07) is 3.78. The van der Waals surface area contributed by atoms with Gasteiger partial charge in [0.15, 0.2) is 11.5 Å². The lowest BCUT2D eigenvalue weighted by molar-refractivity contribution is 0.150. The third-order valence-corrected chi connectivity index (χ3v) is 5.84. The standard InChI is InChI=1S/C22H30N2O5/c1-15-18(13-24-8-6-16(7-9-24)5-4-10-25-2)23-22(29-15)17-11-19(26-3)21-20(12-17)27-14-28-21/h11-12,16H,4-10,13-14H2,1-3H3. The highest BCUT2D eigenvalue weighted by atomic mass is 16.7. The van der Waals surface area contributed by atoms with E-state index in [1.165, 1.54) is 19.3 Å². The van der Waals surface area contributed by atoms with Crippen LogP contribution in [0, 0.1) is 12.8 Å². The Balaban J connectivity index is 1.41. The molecule has 158 valence electrons. The molecule has 1 fully saturated rings. The van der Waals surface area contributed by atoms with Crippen molar-refractivity contribution in [2.75, 3.05) is 40.7 Å². The first-order chi connectivity index (χ1) is 14.2. The number of hydrogen-bond acceptors (Lipinski definition) is 7. The third kappa shape index (κ3) is 4.51. The van der Waals surface area contributed by atoms with Crippen LogP contribution in [0.4, 0.5) is 0 Å². The van der Waals surface area contributed by atoms with Gasteiger partial charge in [-0.3, -0.25) is 4.90 Å². The SMILES string of the molecule is COCCCC1CCN(Cc2nc(-c3cc(OC)c4c(c3)OCO4)oc2C)CC1. The minimum atomic E-state index is 0.201. The van der Waals surface area contributed by atoms with E-state index in [0.29, 0.717) is 23.1 Å². The summed E-state index contributed by atoms with van der Waals surface area (Å²) >= 11 is 0. The molecule has 2 aliphatic rings. The first kappa shape index (κ1) is 20.0. The van der Waals surface area contributed by atoms with Gasteiger partial charge in [-0.1, -0.05) is 0 Å². The molecule has 0 aliphatic carbocycles. The minimum Gasteiger partial charge on any atom is -0.493 e. The summed E-state index contributed by atoms with van der Waals surface area (Å²) in [5.74, 6) is 4.18. The molecule has 7 nitrogen and oxygen atoms in total. The monoisotopic (exact) mass is 402 g/mol. The molecule has 1 aromatic heterocycles. The summed E-state index contributed by atoms with van der Waals surface area (Å²) in [4.78, 5) is 7.25. The van der Waals surface area contributed by atoms with Crippen molar-refractivity contribution in [3.63, 3.8) is 0 Å². The second-order valence-corrected chi connectivity index (χ2v) is 7.79. The zero-order valence-corrected chi connectivity index (χ0v) is 17.5. The lowest BCUT2D eigenvalue weighted by Crippen LogP contribution is -2.33. The molecule has 0 saturated carbocycles. The van der Waals surface area contributed by atoms with Gasteiger partial charge in [-0.05, 0) is 63.7 Å². The van der Waals surface area contributed by atoms with E-state index in [1.54, 1.807) is 14.2 Å². The fourth-order valence-corrected chi connectivity index (χ4v) is 4.11. The highest BCUT2D eigenvalue weighted by Crippen LogP contribution is 2.44. The van der Waals surface area contributed by atoms with Gasteiger partial charge in [-0.15, -0.1) is 0 Å². The Morgan fingerprint density at radius 1 is 1.17 bits per heavy atom. The van der Waals surface area contributed by atoms with Crippen LogP contribution in [0.5, 0.6) is 17.2 Å². The molecule has 0 unspecified atom stereocenters. The normalized spacial score (nSPS) is 17.1. The number of benzene rings is 1. The molecular formula is C22H30N2O5. The predicted octanol–water partition coefficient (Wildman–Crippen LogP) is 4.03. The van der Waals surface area contributed by atoms with Crippen LogP contribution in [0.25, 0.3) is 11.5 Å². The number of methoxy groups -OCH3 is 2. The molecule has 7 heteroatoms. The summed E-state index contributed by atoms with van der Waals surface area (Å²) in [6.07, 6.45) is 4.91. The summed E-state index contributed by atoms with van der Waals surface area (Å²) in [5, 5.41) is 0. The summed E-state index contributed by atoms with van der Waals surface area (Å²) in [6.45, 7) is 6.09. The molecule has 0 amide bonds. The van der Waals surface area contributed by atoms with Gasteiger partial charge in [-0.2, -0.15) is 0 Å². The zero-order chi connectivity index (χ0) is 20.2. The maximum absolute atomic E-state index is 5.98. The Hall–Kier alpha value is -2.25. The van der Waals surface area contributed by atoms with Crippen LogP contribution in [0.15, 0.2) is 16.5 Å². The van der Waals surface area contributed by atoms with Crippen molar-refractivity contribution >= 4 is 0 Å². The lowest BCUT2D eigenvalue weighted by Gasteiger charge is -2.31. The Bertz CT molecular complexity index is 827. The van der Waals surface area contributed by atoms with Gasteiger partial charge in [0.25, 0.3) is 0 Å². The number of aromatic nitrogens is 1. The molecule has 1 saturated heterocycles. The lowest BCUT2D eigenvalue weighted by atomic mass is 9.92. The smallest absolute Gasteiger partial charge is 0.231 e. The van der Waals surface area contributed by atoms with Crippen molar-refractivity contribution in [3.8, 4) is 28.7 Å². The van der Waals surface area contributed by atoms with E-state index in [1.807, 2.05) is 19.1 Å². The minimum absolute atomic E-state index is 0.201. The second-order valence-electron chi connectivity index (χ2n) is 7.79. The molecule has 29 heavy (non-hydrogen) atoms. The molecular weight excluding hydrogens is 372 g/mol. The maximum Gasteiger partial charge on any atom is 0.231 e. The van der Waals surface area contributed by atoms with Crippen LogP contribution in [0.2, 0.25) is 0 Å². The molecule has 0 bridgehead atoms. The predicted molar refractivity (Wildman–Crippen MR) is 108 cm³/mol. The van der Waals surface area contributed by atoms with Gasteiger partial charge < -0.3 is 23.4 Å². The van der Waals surface area contributed by atoms with Gasteiger partial charge >= 0.3 is 0 Å². The molecule has 0 atom stereocenters. The molecule has 2 aromatic rings. The molecule has 3 heterocycles. The van der Waals surface area contributed by atoms with E-state index in [0.717, 1.165) is 55.6 Å². The Labute approximate surface area is 171 Å². The maximum atomic E-state index is 5.98. The number of ether oxygens (including phenoxy) is 4. The average molecular weight is 402 g/mol. The number of rotatable bonds is 8. The van der Waals surface area contributed by atoms with Gasteiger partial charge in [0.1, 0.15) is 5.76 Å². The van der Waals surface area contributed by atoms with E-state index < -0.39 is 0 Å². The van der Waals surface area contributed by atoms with Crippen molar-refractivity contribution in [2.45, 2.75) is 39.2 Å². The van der Waals surface area contributed by atoms with E-state index in [9.17, 15) is 0 Å². The molecule has 2 aliphatic heterocycles. The van der Waals surface area contributed by atoms with Crippen molar-refractivity contribution in [1.82, 2.24) is 9.88 Å². The van der Waals surface area contributed by atoms with Gasteiger partial charge in [0.05, 0.1) is 12.8 Å². The van der Waals surface area contributed by atoms with Crippen molar-refractivity contribution < 1.29 is 23.4 Å². The van der Waals surface area contributed by atoms with Gasteiger partial charge in [-0.25, -0.2) is 4.98 Å². The van der Waals surface area contributed by atoms with Crippen LogP contribution in [-0.2, 0) is 11.3 Å². The van der Waals surface area contributed by atoms with E-state index in [4.69, 9.17) is 28.3 Å². The van der Waals surface area contributed by atoms with Crippen LogP contribution in [-0.4, -0.2) is 50.6 Å². The van der Waals surface area contributed by atoms with Crippen molar-refractivity contribution in [1.29, 1.82) is 0 Å². The first-order valence-electron chi connectivity index (χ1n) is 10.3. The second kappa shape index (κ2) is 9.05. The van der Waals surface area contributed by atoms with E-state index in [2.05, 4.69) is 4.90 Å². The number of nitrogens with zero attached hydrogens (tertiary/aromatic N) is 2.